The fourth-order valence-electron chi connectivity index (χ4n) is 3.64. The fourth-order valence-corrected chi connectivity index (χ4v) is 4.44. The number of hydrogen-bond donors (Lipinski definition) is 1. The Morgan fingerprint density at radius 3 is 2.76 bits per heavy atom. The lowest BCUT2D eigenvalue weighted by Gasteiger charge is -2.32. The van der Waals surface area contributed by atoms with Crippen molar-refractivity contribution in [2.75, 3.05) is 26.0 Å². The third-order valence-corrected chi connectivity index (χ3v) is 5.60. The SMILES string of the molecule is CS(=O)(=O)NC1CCCN(C(=O)COc2ccc3c(c2)CCCC3)C1. The van der Waals surface area contributed by atoms with E-state index in [9.17, 15) is 13.2 Å². The highest BCUT2D eigenvalue weighted by Crippen LogP contribution is 2.25. The van der Waals surface area contributed by atoms with E-state index in [0.717, 1.165) is 37.7 Å². The Morgan fingerprint density at radius 2 is 2.00 bits per heavy atom. The topological polar surface area (TPSA) is 75.7 Å². The van der Waals surface area contributed by atoms with Gasteiger partial charge in [-0.05, 0) is 61.8 Å². The molecule has 1 aliphatic heterocycles. The first kappa shape index (κ1) is 18.2. The molecule has 0 aromatic heterocycles. The van der Waals surface area contributed by atoms with Crippen LogP contribution >= 0.6 is 0 Å². The van der Waals surface area contributed by atoms with Crippen molar-refractivity contribution in [1.82, 2.24) is 9.62 Å². The van der Waals surface area contributed by atoms with Crippen molar-refractivity contribution >= 4 is 15.9 Å². The quantitative estimate of drug-likeness (QED) is 0.857. The number of carbonyl (C=O) groups is 1. The molecule has 1 N–H and O–H groups in total. The van der Waals surface area contributed by atoms with Crippen molar-refractivity contribution < 1.29 is 17.9 Å². The fraction of sp³-hybridized carbons (Fsp3) is 0.611. The second-order valence-corrected chi connectivity index (χ2v) is 8.78. The molecular formula is C18H26N2O4S. The zero-order valence-corrected chi connectivity index (χ0v) is 15.5. The maximum absolute atomic E-state index is 12.4. The van der Waals surface area contributed by atoms with Crippen molar-refractivity contribution in [3.05, 3.63) is 29.3 Å². The van der Waals surface area contributed by atoms with Crippen LogP contribution in [0.3, 0.4) is 0 Å². The number of nitrogens with one attached hydrogen (secondary N) is 1. The summed E-state index contributed by atoms with van der Waals surface area (Å²) in [5.41, 5.74) is 2.71. The first-order valence-electron chi connectivity index (χ1n) is 8.90. The Morgan fingerprint density at radius 1 is 1.24 bits per heavy atom. The second kappa shape index (κ2) is 7.74. The zero-order valence-electron chi connectivity index (χ0n) is 14.7. The minimum absolute atomic E-state index is 0.00954. The Kier molecular flexibility index (Phi) is 5.64. The van der Waals surface area contributed by atoms with Crippen LogP contribution in [0.25, 0.3) is 0 Å². The molecule has 1 saturated heterocycles. The Hall–Kier alpha value is -1.60. The molecule has 0 radical (unpaired) electrons. The Balaban J connectivity index is 1.53. The third kappa shape index (κ3) is 5.19. The van der Waals surface area contributed by atoms with E-state index < -0.39 is 10.0 Å². The van der Waals surface area contributed by atoms with Gasteiger partial charge in [-0.15, -0.1) is 0 Å². The molecule has 7 heteroatoms. The smallest absolute Gasteiger partial charge is 0.260 e. The van der Waals surface area contributed by atoms with Gasteiger partial charge in [-0.2, -0.15) is 0 Å². The molecule has 0 saturated carbocycles. The summed E-state index contributed by atoms with van der Waals surface area (Å²) in [7, 11) is -3.26. The Bertz CT molecular complexity index is 733. The summed E-state index contributed by atoms with van der Waals surface area (Å²) in [6, 6.07) is 5.87. The van der Waals surface area contributed by atoms with E-state index in [1.807, 2.05) is 12.1 Å². The van der Waals surface area contributed by atoms with Crippen LogP contribution in [-0.4, -0.2) is 51.2 Å². The average Bonchev–Trinajstić information content (AvgIpc) is 2.58. The maximum Gasteiger partial charge on any atom is 0.260 e. The lowest BCUT2D eigenvalue weighted by Crippen LogP contribution is -2.50. The van der Waals surface area contributed by atoms with E-state index in [0.29, 0.717) is 13.1 Å². The molecule has 1 heterocycles. The molecule has 0 spiro atoms. The van der Waals surface area contributed by atoms with E-state index in [1.54, 1.807) is 4.90 Å². The number of fused-ring (bicyclic) bond motifs is 1. The van der Waals surface area contributed by atoms with Crippen molar-refractivity contribution in [2.24, 2.45) is 0 Å². The molecule has 2 aliphatic rings. The van der Waals surface area contributed by atoms with Crippen LogP contribution in [-0.2, 0) is 27.7 Å². The molecule has 1 aliphatic carbocycles. The number of carbonyl (C=O) groups excluding carboxylic acids is 1. The van der Waals surface area contributed by atoms with Crippen molar-refractivity contribution in [2.45, 2.75) is 44.6 Å². The summed E-state index contributed by atoms with van der Waals surface area (Å²) in [5, 5.41) is 0. The average molecular weight is 366 g/mol. The molecule has 138 valence electrons. The summed E-state index contributed by atoms with van der Waals surface area (Å²) in [4.78, 5) is 14.1. The molecule has 3 rings (SSSR count). The van der Waals surface area contributed by atoms with Gasteiger partial charge in [0.05, 0.1) is 6.26 Å². The lowest BCUT2D eigenvalue weighted by atomic mass is 9.92. The molecule has 1 aromatic rings. The number of piperidine rings is 1. The van der Waals surface area contributed by atoms with Gasteiger partial charge in [-0.1, -0.05) is 6.07 Å². The summed E-state index contributed by atoms with van der Waals surface area (Å²) >= 11 is 0. The molecule has 1 fully saturated rings. The van der Waals surface area contributed by atoms with Crippen molar-refractivity contribution in [3.63, 3.8) is 0 Å². The minimum Gasteiger partial charge on any atom is -0.484 e. The highest BCUT2D eigenvalue weighted by Gasteiger charge is 2.25. The maximum atomic E-state index is 12.4. The summed E-state index contributed by atoms with van der Waals surface area (Å²) < 4.78 is 31.0. The highest BCUT2D eigenvalue weighted by molar-refractivity contribution is 7.88. The molecule has 1 unspecified atom stereocenters. The predicted octanol–water partition coefficient (Wildman–Crippen LogP) is 1.48. The number of likely N-dealkylation sites (tertiary alicyclic amines) is 1. The largest absolute Gasteiger partial charge is 0.484 e. The van der Waals surface area contributed by atoms with Crippen LogP contribution < -0.4 is 9.46 Å². The standard InChI is InChI=1S/C18H26N2O4S/c1-25(22,23)19-16-7-4-10-20(12-16)18(21)13-24-17-9-8-14-5-2-3-6-15(14)11-17/h8-9,11,16,19H,2-7,10,12-13H2,1H3. The first-order chi connectivity index (χ1) is 11.9. The number of hydrogen-bond acceptors (Lipinski definition) is 4. The third-order valence-electron chi connectivity index (χ3n) is 4.84. The second-order valence-electron chi connectivity index (χ2n) is 7.00. The van der Waals surface area contributed by atoms with E-state index >= 15 is 0 Å². The zero-order chi connectivity index (χ0) is 17.9. The normalized spacial score (nSPS) is 20.8. The predicted molar refractivity (Wildman–Crippen MR) is 96.2 cm³/mol. The number of nitrogens with zero attached hydrogens (tertiary/aromatic N) is 1. The lowest BCUT2D eigenvalue weighted by molar-refractivity contribution is -0.134. The number of sulfonamides is 1. The first-order valence-corrected chi connectivity index (χ1v) is 10.8. The number of rotatable bonds is 5. The van der Waals surface area contributed by atoms with E-state index in [2.05, 4.69) is 10.8 Å². The summed E-state index contributed by atoms with van der Waals surface area (Å²) in [6.45, 7) is 1.04. The van der Waals surface area contributed by atoms with Crippen LogP contribution in [0, 0.1) is 0 Å². The van der Waals surface area contributed by atoms with Gasteiger partial charge in [-0.25, -0.2) is 13.1 Å². The minimum atomic E-state index is -3.26. The van der Waals surface area contributed by atoms with Crippen LogP contribution in [0.1, 0.15) is 36.8 Å². The van der Waals surface area contributed by atoms with Gasteiger partial charge in [0.15, 0.2) is 6.61 Å². The number of ether oxygens (including phenoxy) is 1. The van der Waals surface area contributed by atoms with Crippen LogP contribution in [0.2, 0.25) is 0 Å². The van der Waals surface area contributed by atoms with Crippen LogP contribution in [0.5, 0.6) is 5.75 Å². The monoisotopic (exact) mass is 366 g/mol. The molecule has 1 amide bonds. The number of benzene rings is 1. The molecule has 1 atom stereocenters. The van der Waals surface area contributed by atoms with Gasteiger partial charge >= 0.3 is 0 Å². The molecule has 25 heavy (non-hydrogen) atoms. The van der Waals surface area contributed by atoms with Gasteiger partial charge in [0.1, 0.15) is 5.75 Å². The van der Waals surface area contributed by atoms with Crippen molar-refractivity contribution in [1.29, 1.82) is 0 Å². The Labute approximate surface area is 149 Å². The van der Waals surface area contributed by atoms with Crippen molar-refractivity contribution in [3.8, 4) is 5.75 Å². The van der Waals surface area contributed by atoms with Gasteiger partial charge < -0.3 is 9.64 Å². The molecular weight excluding hydrogens is 340 g/mol. The molecule has 1 aromatic carbocycles. The van der Waals surface area contributed by atoms with Gasteiger partial charge in [0.2, 0.25) is 10.0 Å². The number of aryl methyl sites for hydroxylation is 2. The van der Waals surface area contributed by atoms with Gasteiger partial charge in [-0.3, -0.25) is 4.79 Å². The van der Waals surface area contributed by atoms with E-state index in [-0.39, 0.29) is 18.6 Å². The molecule has 0 bridgehead atoms. The van der Waals surface area contributed by atoms with Gasteiger partial charge in [0.25, 0.3) is 5.91 Å². The van der Waals surface area contributed by atoms with E-state index in [4.69, 9.17) is 4.74 Å². The van der Waals surface area contributed by atoms with Crippen LogP contribution in [0.4, 0.5) is 0 Å². The van der Waals surface area contributed by atoms with Crippen LogP contribution in [0.15, 0.2) is 18.2 Å². The van der Waals surface area contributed by atoms with Gasteiger partial charge in [0, 0.05) is 19.1 Å². The molecule has 6 nitrogen and oxygen atoms in total. The van der Waals surface area contributed by atoms with E-state index in [1.165, 1.54) is 24.0 Å². The summed E-state index contributed by atoms with van der Waals surface area (Å²) in [6.07, 6.45) is 7.33. The number of amides is 1. The summed E-state index contributed by atoms with van der Waals surface area (Å²) in [5.74, 6) is 0.634. The highest BCUT2D eigenvalue weighted by atomic mass is 32.2.